The van der Waals surface area contributed by atoms with Crippen LogP contribution < -0.4 is 19.5 Å². The predicted octanol–water partition coefficient (Wildman–Crippen LogP) is 1.14. The molecule has 0 aliphatic heterocycles. The average Bonchev–Trinajstić information content (AvgIpc) is 2.70. The summed E-state index contributed by atoms with van der Waals surface area (Å²) in [6, 6.07) is 1.34. The lowest BCUT2D eigenvalue weighted by Crippen LogP contribution is -2.18. The quantitative estimate of drug-likeness (QED) is 0.398. The lowest BCUT2D eigenvalue weighted by molar-refractivity contribution is -0.138. The van der Waals surface area contributed by atoms with Crippen LogP contribution in [0.5, 0.6) is 17.2 Å². The summed E-state index contributed by atoms with van der Waals surface area (Å²) in [6.45, 7) is 0. The number of esters is 3. The molecular weight excluding hydrogens is 362 g/mol. The van der Waals surface area contributed by atoms with E-state index >= 15 is 0 Å². The first-order chi connectivity index (χ1) is 12.9. The van der Waals surface area contributed by atoms with Crippen LogP contribution in [0, 0.1) is 0 Å². The second kappa shape index (κ2) is 9.90. The van der Waals surface area contributed by atoms with Crippen LogP contribution in [0.25, 0.3) is 0 Å². The SMILES string of the molecule is COC(=O)/C=C(/Nc1c(C(=O)OC)cc(OC)c(OC)c1OC)C(=O)OC. The maximum Gasteiger partial charge on any atom is 0.354 e. The summed E-state index contributed by atoms with van der Waals surface area (Å²) in [4.78, 5) is 35.8. The van der Waals surface area contributed by atoms with Gasteiger partial charge in [-0.3, -0.25) is 0 Å². The molecule has 1 N–H and O–H groups in total. The van der Waals surface area contributed by atoms with Gasteiger partial charge in [0.05, 0.1) is 54.3 Å². The smallest absolute Gasteiger partial charge is 0.354 e. The Morgan fingerprint density at radius 2 is 1.48 bits per heavy atom. The molecule has 0 radical (unpaired) electrons. The molecule has 0 bridgehead atoms. The topological polar surface area (TPSA) is 119 Å². The Hall–Kier alpha value is -3.43. The van der Waals surface area contributed by atoms with Crippen LogP contribution in [0.2, 0.25) is 0 Å². The maximum atomic E-state index is 12.2. The molecule has 27 heavy (non-hydrogen) atoms. The molecule has 0 fully saturated rings. The molecule has 0 unspecified atom stereocenters. The van der Waals surface area contributed by atoms with Gasteiger partial charge in [0.1, 0.15) is 11.4 Å². The van der Waals surface area contributed by atoms with Crippen molar-refractivity contribution in [2.75, 3.05) is 48.0 Å². The fourth-order valence-electron chi connectivity index (χ4n) is 2.12. The van der Waals surface area contributed by atoms with Crippen molar-refractivity contribution in [1.82, 2.24) is 0 Å². The molecule has 1 rings (SSSR count). The molecule has 1 aromatic rings. The van der Waals surface area contributed by atoms with Crippen molar-refractivity contribution in [3.05, 3.63) is 23.4 Å². The standard InChI is InChI=1S/C17H21NO9/c1-22-11-7-9(16(20)26-5)13(15(25-4)14(11)24-3)18-10(17(21)27-6)8-12(19)23-2/h7-8,18H,1-6H3/b10-8+. The van der Waals surface area contributed by atoms with Crippen LogP contribution in [0.3, 0.4) is 0 Å². The number of ether oxygens (including phenoxy) is 6. The van der Waals surface area contributed by atoms with E-state index in [1.807, 2.05) is 0 Å². The van der Waals surface area contributed by atoms with Crippen LogP contribution in [-0.2, 0) is 23.8 Å². The van der Waals surface area contributed by atoms with E-state index < -0.39 is 17.9 Å². The van der Waals surface area contributed by atoms with E-state index in [0.29, 0.717) is 0 Å². The highest BCUT2D eigenvalue weighted by atomic mass is 16.5. The third-order valence-electron chi connectivity index (χ3n) is 3.36. The molecule has 10 heteroatoms. The number of carbonyl (C=O) groups is 3. The van der Waals surface area contributed by atoms with Crippen LogP contribution in [0.4, 0.5) is 5.69 Å². The Labute approximate surface area is 155 Å². The first-order valence-electron chi connectivity index (χ1n) is 7.44. The number of methoxy groups -OCH3 is 6. The summed E-state index contributed by atoms with van der Waals surface area (Å²) in [5, 5.41) is 2.65. The van der Waals surface area contributed by atoms with Crippen molar-refractivity contribution in [2.45, 2.75) is 0 Å². The van der Waals surface area contributed by atoms with Crippen molar-refractivity contribution in [3.8, 4) is 17.2 Å². The molecule has 0 saturated heterocycles. The second-order valence-corrected chi connectivity index (χ2v) is 4.76. The van der Waals surface area contributed by atoms with Gasteiger partial charge in [0.2, 0.25) is 5.75 Å². The van der Waals surface area contributed by atoms with Crippen LogP contribution in [-0.4, -0.2) is 60.6 Å². The highest BCUT2D eigenvalue weighted by molar-refractivity contribution is 6.04. The molecular formula is C17H21NO9. The Morgan fingerprint density at radius 3 is 1.93 bits per heavy atom. The summed E-state index contributed by atoms with van der Waals surface area (Å²) in [5.41, 5.74) is -0.339. The molecule has 1 aromatic carbocycles. The zero-order chi connectivity index (χ0) is 20.6. The van der Waals surface area contributed by atoms with Gasteiger partial charge in [-0.1, -0.05) is 0 Å². The van der Waals surface area contributed by atoms with E-state index in [1.54, 1.807) is 0 Å². The number of benzene rings is 1. The number of rotatable bonds is 8. The Kier molecular flexibility index (Phi) is 7.92. The molecule has 0 saturated carbocycles. The van der Waals surface area contributed by atoms with Crippen LogP contribution in [0.15, 0.2) is 17.8 Å². The Morgan fingerprint density at radius 1 is 0.852 bits per heavy atom. The number of carbonyl (C=O) groups excluding carboxylic acids is 3. The van der Waals surface area contributed by atoms with Gasteiger partial charge in [-0.05, 0) is 0 Å². The van der Waals surface area contributed by atoms with Gasteiger partial charge in [-0.2, -0.15) is 0 Å². The zero-order valence-corrected chi connectivity index (χ0v) is 15.8. The fraction of sp³-hybridized carbons (Fsp3) is 0.353. The fourth-order valence-corrected chi connectivity index (χ4v) is 2.12. The van der Waals surface area contributed by atoms with Gasteiger partial charge in [0.25, 0.3) is 0 Å². The molecule has 0 amide bonds. The molecule has 0 atom stereocenters. The van der Waals surface area contributed by atoms with Gasteiger partial charge in [-0.25, -0.2) is 14.4 Å². The minimum Gasteiger partial charge on any atom is -0.493 e. The van der Waals surface area contributed by atoms with Gasteiger partial charge >= 0.3 is 17.9 Å². The minimum atomic E-state index is -0.881. The summed E-state index contributed by atoms with van der Waals surface area (Å²) in [6.07, 6.45) is 0.864. The van der Waals surface area contributed by atoms with Crippen LogP contribution >= 0.6 is 0 Å². The Balaban J connectivity index is 3.71. The first kappa shape index (κ1) is 21.6. The lowest BCUT2D eigenvalue weighted by Gasteiger charge is -2.20. The molecule has 0 spiro atoms. The van der Waals surface area contributed by atoms with Crippen molar-refractivity contribution in [1.29, 1.82) is 0 Å². The largest absolute Gasteiger partial charge is 0.493 e. The molecule has 10 nitrogen and oxygen atoms in total. The number of anilines is 1. The van der Waals surface area contributed by atoms with E-state index in [2.05, 4.69) is 14.8 Å². The molecule has 0 aliphatic carbocycles. The summed E-state index contributed by atoms with van der Waals surface area (Å²) < 4.78 is 29.7. The summed E-state index contributed by atoms with van der Waals surface area (Å²) in [7, 11) is 7.52. The molecule has 0 aromatic heterocycles. The normalized spacial score (nSPS) is 10.5. The highest BCUT2D eigenvalue weighted by Gasteiger charge is 2.27. The number of hydrogen-bond donors (Lipinski definition) is 1. The third-order valence-corrected chi connectivity index (χ3v) is 3.36. The number of nitrogens with one attached hydrogen (secondary N) is 1. The molecule has 0 aliphatic rings. The van der Waals surface area contributed by atoms with E-state index in [1.165, 1.54) is 34.5 Å². The van der Waals surface area contributed by atoms with E-state index in [-0.39, 0.29) is 34.2 Å². The molecule has 148 valence electrons. The lowest BCUT2D eigenvalue weighted by atomic mass is 10.1. The predicted molar refractivity (Wildman–Crippen MR) is 93.2 cm³/mol. The van der Waals surface area contributed by atoms with Gasteiger partial charge in [0.15, 0.2) is 11.5 Å². The van der Waals surface area contributed by atoms with Crippen molar-refractivity contribution < 1.29 is 42.8 Å². The average molecular weight is 383 g/mol. The monoisotopic (exact) mass is 383 g/mol. The Bertz CT molecular complexity index is 755. The van der Waals surface area contributed by atoms with Gasteiger partial charge in [-0.15, -0.1) is 0 Å². The summed E-state index contributed by atoms with van der Waals surface area (Å²) in [5.74, 6) is -2.07. The third kappa shape index (κ3) is 4.81. The second-order valence-electron chi connectivity index (χ2n) is 4.76. The van der Waals surface area contributed by atoms with E-state index in [4.69, 9.17) is 18.9 Å². The first-order valence-corrected chi connectivity index (χ1v) is 7.44. The number of hydrogen-bond acceptors (Lipinski definition) is 10. The van der Waals surface area contributed by atoms with Crippen LogP contribution in [0.1, 0.15) is 10.4 Å². The summed E-state index contributed by atoms with van der Waals surface area (Å²) >= 11 is 0. The van der Waals surface area contributed by atoms with E-state index in [0.717, 1.165) is 20.3 Å². The maximum absolute atomic E-state index is 12.2. The van der Waals surface area contributed by atoms with Gasteiger partial charge in [0, 0.05) is 6.07 Å². The van der Waals surface area contributed by atoms with Crippen molar-refractivity contribution >= 4 is 23.6 Å². The minimum absolute atomic E-state index is 0.00236. The highest BCUT2D eigenvalue weighted by Crippen LogP contribution is 2.45. The zero-order valence-electron chi connectivity index (χ0n) is 15.8. The van der Waals surface area contributed by atoms with E-state index in [9.17, 15) is 14.4 Å². The van der Waals surface area contributed by atoms with Crippen molar-refractivity contribution in [2.24, 2.45) is 0 Å². The van der Waals surface area contributed by atoms with Crippen molar-refractivity contribution in [3.63, 3.8) is 0 Å². The molecule has 0 heterocycles. The van der Waals surface area contributed by atoms with Gasteiger partial charge < -0.3 is 33.7 Å².